The summed E-state index contributed by atoms with van der Waals surface area (Å²) >= 11 is 1.86. The van der Waals surface area contributed by atoms with E-state index < -0.39 is 0 Å². The summed E-state index contributed by atoms with van der Waals surface area (Å²) in [6, 6.07) is 17.2. The molecule has 0 spiro atoms. The Balaban J connectivity index is 1.48. The molecule has 0 radical (unpaired) electrons. The Kier molecular flexibility index (Phi) is 5.06. The third kappa shape index (κ3) is 2.98. The van der Waals surface area contributed by atoms with Crippen LogP contribution in [-0.4, -0.2) is 20.0 Å². The maximum atomic E-state index is 4.54. The molecule has 0 aliphatic carbocycles. The lowest BCUT2D eigenvalue weighted by Gasteiger charge is -2.38. The third-order valence-corrected chi connectivity index (χ3v) is 8.86. The van der Waals surface area contributed by atoms with E-state index in [1.165, 1.54) is 16.1 Å². The van der Waals surface area contributed by atoms with Crippen molar-refractivity contribution < 1.29 is 4.57 Å². The molecule has 0 saturated carbocycles. The van der Waals surface area contributed by atoms with Gasteiger partial charge in [0.25, 0.3) is 0 Å². The van der Waals surface area contributed by atoms with E-state index in [1.54, 1.807) is 0 Å². The molecule has 0 saturated heterocycles. The molecule has 5 nitrogen and oxygen atoms in total. The largest absolute Gasteiger partial charge is 0.263 e. The molecular weight excluding hydrogens is 438 g/mol. The molecule has 0 bridgehead atoms. The van der Waals surface area contributed by atoms with E-state index >= 15 is 0 Å². The fourth-order valence-electron chi connectivity index (χ4n) is 5.89. The number of nitrogens with zero attached hydrogens (tertiary/aromatic N) is 5. The van der Waals surface area contributed by atoms with Gasteiger partial charge in [-0.1, -0.05) is 50.3 Å². The van der Waals surface area contributed by atoms with Crippen molar-refractivity contribution in [2.45, 2.75) is 51.5 Å². The maximum absolute atomic E-state index is 4.54. The zero-order chi connectivity index (χ0) is 23.3. The first kappa shape index (κ1) is 21.2. The molecular formula is C28H28N5S+. The third-order valence-electron chi connectivity index (χ3n) is 7.62. The second-order valence-corrected chi connectivity index (χ2v) is 10.1. The smallest absolute Gasteiger partial charge is 0.214 e. The lowest BCUT2D eigenvalue weighted by atomic mass is 9.73. The molecule has 5 heterocycles. The molecule has 170 valence electrons. The molecule has 0 N–H and O–H groups in total. The van der Waals surface area contributed by atoms with Crippen LogP contribution in [0.2, 0.25) is 0 Å². The van der Waals surface area contributed by atoms with E-state index in [1.807, 2.05) is 40.7 Å². The predicted octanol–water partition coefficient (Wildman–Crippen LogP) is 6.52. The topological polar surface area (TPSA) is 47.5 Å². The zero-order valence-corrected chi connectivity index (χ0v) is 20.6. The van der Waals surface area contributed by atoms with Gasteiger partial charge in [0, 0.05) is 53.2 Å². The average Bonchev–Trinajstić information content (AvgIpc) is 3.55. The number of pyridine rings is 2. The maximum Gasteiger partial charge on any atom is 0.214 e. The van der Waals surface area contributed by atoms with Crippen LogP contribution in [0, 0.1) is 0 Å². The monoisotopic (exact) mass is 466 g/mol. The van der Waals surface area contributed by atoms with Gasteiger partial charge >= 0.3 is 0 Å². The summed E-state index contributed by atoms with van der Waals surface area (Å²) in [4.78, 5) is 5.90. The van der Waals surface area contributed by atoms with Crippen molar-refractivity contribution in [2.75, 3.05) is 0 Å². The van der Waals surface area contributed by atoms with E-state index in [0.717, 1.165) is 46.3 Å². The zero-order valence-electron chi connectivity index (χ0n) is 19.8. The molecule has 6 rings (SSSR count). The number of rotatable bonds is 5. The highest BCUT2D eigenvalue weighted by Gasteiger charge is 2.51. The average molecular weight is 467 g/mol. The summed E-state index contributed by atoms with van der Waals surface area (Å²) in [6.45, 7) is 6.98. The van der Waals surface area contributed by atoms with Gasteiger partial charge in [-0.05, 0) is 23.9 Å². The molecule has 1 aliphatic rings. The Morgan fingerprint density at radius 2 is 1.82 bits per heavy atom. The van der Waals surface area contributed by atoms with Crippen LogP contribution in [-0.2, 0) is 5.54 Å². The van der Waals surface area contributed by atoms with Gasteiger partial charge in [0.2, 0.25) is 5.69 Å². The van der Waals surface area contributed by atoms with Crippen LogP contribution in [0.5, 0.6) is 0 Å². The Morgan fingerprint density at radius 3 is 2.65 bits per heavy atom. The highest BCUT2D eigenvalue weighted by atomic mass is 32.1. The Labute approximate surface area is 203 Å². The van der Waals surface area contributed by atoms with Gasteiger partial charge in [-0.15, -0.1) is 16.4 Å². The van der Waals surface area contributed by atoms with E-state index in [9.17, 15) is 0 Å². The van der Waals surface area contributed by atoms with Crippen LogP contribution in [0.4, 0.5) is 0 Å². The molecule has 1 atom stereocenters. The van der Waals surface area contributed by atoms with Crippen molar-refractivity contribution in [1.82, 2.24) is 20.0 Å². The van der Waals surface area contributed by atoms with Crippen LogP contribution in [0.3, 0.4) is 0 Å². The standard InChI is InChI=1S/C28H28N5S/c1-4-23-27-21(25-13-9-10-14-32(25)28(23,5-2)6-3)15-26(34-27)33-18-24(30-31-33)22-17-29-16-19-11-7-8-12-20(19)22/h7-18,23H,4-6H2,1-3H3/q+1. The van der Waals surface area contributed by atoms with Crippen molar-refractivity contribution in [3.63, 3.8) is 0 Å². The quantitative estimate of drug-likeness (QED) is 0.277. The van der Waals surface area contributed by atoms with E-state index in [2.05, 4.69) is 89.3 Å². The minimum atomic E-state index is 0.0998. The fraction of sp³-hybridized carbons (Fsp3) is 0.286. The van der Waals surface area contributed by atoms with Gasteiger partial charge < -0.3 is 0 Å². The summed E-state index contributed by atoms with van der Waals surface area (Å²) in [6.07, 6.45) is 11.4. The van der Waals surface area contributed by atoms with Crippen LogP contribution < -0.4 is 4.57 Å². The molecule has 4 aromatic heterocycles. The summed E-state index contributed by atoms with van der Waals surface area (Å²) in [5.74, 6) is 0.474. The number of aromatic nitrogens is 5. The van der Waals surface area contributed by atoms with Crippen LogP contribution in [0.1, 0.15) is 50.8 Å². The van der Waals surface area contributed by atoms with Crippen LogP contribution >= 0.6 is 11.3 Å². The van der Waals surface area contributed by atoms with Gasteiger partial charge in [-0.25, -0.2) is 4.68 Å². The van der Waals surface area contributed by atoms with Crippen molar-refractivity contribution in [3.05, 3.63) is 78.2 Å². The second-order valence-electron chi connectivity index (χ2n) is 9.05. The minimum absolute atomic E-state index is 0.0998. The number of fused-ring (bicyclic) bond motifs is 4. The number of thiophene rings is 1. The van der Waals surface area contributed by atoms with E-state index in [-0.39, 0.29) is 5.54 Å². The molecule has 1 aromatic carbocycles. The SMILES string of the molecule is CCC1c2sc(-n3cc(-c4cncc5ccccc45)nn3)cc2-c2cccc[n+]2C1(CC)CC. The van der Waals surface area contributed by atoms with Gasteiger partial charge in [0.05, 0.1) is 17.7 Å². The van der Waals surface area contributed by atoms with Gasteiger partial charge in [-0.3, -0.25) is 4.98 Å². The van der Waals surface area contributed by atoms with Crippen molar-refractivity contribution in [1.29, 1.82) is 0 Å². The summed E-state index contributed by atoms with van der Waals surface area (Å²) in [7, 11) is 0. The molecule has 34 heavy (non-hydrogen) atoms. The number of benzene rings is 1. The first-order valence-corrected chi connectivity index (χ1v) is 12.9. The van der Waals surface area contributed by atoms with E-state index in [4.69, 9.17) is 0 Å². The second kappa shape index (κ2) is 8.13. The van der Waals surface area contributed by atoms with Crippen LogP contribution in [0.15, 0.2) is 73.3 Å². The first-order chi connectivity index (χ1) is 16.7. The molecule has 1 unspecified atom stereocenters. The molecule has 0 amide bonds. The summed E-state index contributed by atoms with van der Waals surface area (Å²) in [5, 5.41) is 12.4. The van der Waals surface area contributed by atoms with Crippen molar-refractivity contribution in [2.24, 2.45) is 0 Å². The first-order valence-electron chi connectivity index (χ1n) is 12.1. The Morgan fingerprint density at radius 1 is 1.00 bits per heavy atom. The lowest BCUT2D eigenvalue weighted by molar-refractivity contribution is -0.762. The van der Waals surface area contributed by atoms with Crippen molar-refractivity contribution >= 4 is 22.1 Å². The highest BCUT2D eigenvalue weighted by molar-refractivity contribution is 7.15. The van der Waals surface area contributed by atoms with Crippen LogP contribution in [0.25, 0.3) is 38.3 Å². The minimum Gasteiger partial charge on any atom is -0.263 e. The summed E-state index contributed by atoms with van der Waals surface area (Å²) in [5.41, 5.74) is 4.58. The Hall–Kier alpha value is -3.38. The highest BCUT2D eigenvalue weighted by Crippen LogP contribution is 2.50. The predicted molar refractivity (Wildman–Crippen MR) is 137 cm³/mol. The van der Waals surface area contributed by atoms with Gasteiger partial charge in [0.15, 0.2) is 11.7 Å². The van der Waals surface area contributed by atoms with Gasteiger partial charge in [-0.2, -0.15) is 4.57 Å². The normalized spacial score (nSPS) is 16.4. The fourth-order valence-corrected chi connectivity index (χ4v) is 7.28. The van der Waals surface area contributed by atoms with Gasteiger partial charge in [0.1, 0.15) is 10.7 Å². The molecule has 6 heteroatoms. The van der Waals surface area contributed by atoms with E-state index in [0.29, 0.717) is 5.92 Å². The number of hydrogen-bond acceptors (Lipinski definition) is 4. The molecule has 1 aliphatic heterocycles. The summed E-state index contributed by atoms with van der Waals surface area (Å²) < 4.78 is 4.47. The lowest BCUT2D eigenvalue weighted by Crippen LogP contribution is -2.61. The molecule has 5 aromatic rings. The number of hydrogen-bond donors (Lipinski definition) is 0. The van der Waals surface area contributed by atoms with Crippen molar-refractivity contribution in [3.8, 4) is 27.5 Å². The Bertz CT molecular complexity index is 1490. The molecule has 0 fully saturated rings.